The third-order valence-corrected chi connectivity index (χ3v) is 7.19. The van der Waals surface area contributed by atoms with Gasteiger partial charge in [-0.15, -0.1) is 0 Å². The summed E-state index contributed by atoms with van der Waals surface area (Å²) in [7, 11) is 3.99. The van der Waals surface area contributed by atoms with Crippen LogP contribution in [0.2, 0.25) is 0 Å². The van der Waals surface area contributed by atoms with Gasteiger partial charge < -0.3 is 19.7 Å². The summed E-state index contributed by atoms with van der Waals surface area (Å²) >= 11 is 0. The van der Waals surface area contributed by atoms with E-state index in [0.29, 0.717) is 0 Å². The number of para-hydroxylation sites is 2. The number of aromatic nitrogens is 3. The summed E-state index contributed by atoms with van der Waals surface area (Å²) in [6.45, 7) is 2.25. The highest BCUT2D eigenvalue weighted by Crippen LogP contribution is 2.39. The number of anilines is 2. The molecular formula is C31H29FN6O. The van der Waals surface area contributed by atoms with Gasteiger partial charge in [-0.3, -0.25) is 0 Å². The van der Waals surface area contributed by atoms with Crippen molar-refractivity contribution in [2.75, 3.05) is 24.3 Å². The van der Waals surface area contributed by atoms with Gasteiger partial charge in [0.15, 0.2) is 0 Å². The van der Waals surface area contributed by atoms with E-state index < -0.39 is 17.9 Å². The molecule has 0 aliphatic carbocycles. The van der Waals surface area contributed by atoms with Gasteiger partial charge >= 0.3 is 6.03 Å². The van der Waals surface area contributed by atoms with Crippen molar-refractivity contribution in [3.8, 4) is 11.5 Å². The number of fused-ring (bicyclic) bond motifs is 3. The van der Waals surface area contributed by atoms with Crippen LogP contribution in [0.25, 0.3) is 11.5 Å². The van der Waals surface area contributed by atoms with E-state index in [1.54, 1.807) is 23.1 Å². The fourth-order valence-electron chi connectivity index (χ4n) is 5.20. The first-order chi connectivity index (χ1) is 18.9. The van der Waals surface area contributed by atoms with Crippen molar-refractivity contribution >= 4 is 17.4 Å². The molecule has 6 rings (SSSR count). The first kappa shape index (κ1) is 24.5. The van der Waals surface area contributed by atoms with Crippen LogP contribution in [0.3, 0.4) is 0 Å². The van der Waals surface area contributed by atoms with Crippen molar-refractivity contribution < 1.29 is 9.18 Å². The summed E-state index contributed by atoms with van der Waals surface area (Å²) < 4.78 is 18.6. The summed E-state index contributed by atoms with van der Waals surface area (Å²) in [4.78, 5) is 17.8. The second-order valence-corrected chi connectivity index (χ2v) is 9.86. The minimum Gasteiger partial charge on any atom is -0.378 e. The molecule has 5 aromatic rings. The molecule has 0 spiro atoms. The number of aryl methyl sites for hydroxylation is 1. The van der Waals surface area contributed by atoms with Crippen LogP contribution in [0, 0.1) is 12.7 Å². The Morgan fingerprint density at radius 2 is 1.67 bits per heavy atom. The number of nitrogens with zero attached hydrogens (tertiary/aromatic N) is 5. The Balaban J connectivity index is 1.53. The van der Waals surface area contributed by atoms with Crippen LogP contribution in [-0.4, -0.2) is 39.4 Å². The van der Waals surface area contributed by atoms with E-state index in [1.807, 2.05) is 104 Å². The minimum absolute atomic E-state index is 0.140. The number of nitrogens with one attached hydrogen (secondary N) is 1. The zero-order valence-electron chi connectivity index (χ0n) is 22.0. The zero-order valence-corrected chi connectivity index (χ0v) is 22.0. The Bertz CT molecular complexity index is 1640. The second-order valence-electron chi connectivity index (χ2n) is 9.86. The lowest BCUT2D eigenvalue weighted by molar-refractivity contribution is 0.194. The molecular weight excluding hydrogens is 491 g/mol. The standard InChI is InChI=1S/C31H29FN6O/c1-21-25-20-37(31(39)33-27-13-8-7-12-26(27)32)29(22-15-17-23(18-16-22)35(2)3)28-14-9-19-36(28)30(25)38(34-21)24-10-5-4-6-11-24/h4-19,29H,20H2,1-3H3,(H,33,39)/t29-/m1/s1. The van der Waals surface area contributed by atoms with Gasteiger partial charge in [0.05, 0.1) is 35.3 Å². The number of benzene rings is 3. The van der Waals surface area contributed by atoms with Crippen molar-refractivity contribution in [2.45, 2.75) is 19.5 Å². The molecule has 1 atom stereocenters. The van der Waals surface area contributed by atoms with E-state index in [1.165, 1.54) is 6.07 Å². The number of hydrogen-bond acceptors (Lipinski definition) is 3. The van der Waals surface area contributed by atoms with Gasteiger partial charge in [0, 0.05) is 31.5 Å². The van der Waals surface area contributed by atoms with Crippen molar-refractivity contribution in [3.63, 3.8) is 0 Å². The van der Waals surface area contributed by atoms with Gasteiger partial charge in [-0.05, 0) is 61.0 Å². The van der Waals surface area contributed by atoms with E-state index >= 15 is 0 Å². The molecule has 0 saturated carbocycles. The molecule has 3 heterocycles. The summed E-state index contributed by atoms with van der Waals surface area (Å²) in [6, 6.07) is 27.6. The van der Waals surface area contributed by atoms with Crippen LogP contribution in [0.15, 0.2) is 97.2 Å². The highest BCUT2D eigenvalue weighted by Gasteiger charge is 2.36. The molecule has 196 valence electrons. The van der Waals surface area contributed by atoms with Crippen LogP contribution >= 0.6 is 0 Å². The van der Waals surface area contributed by atoms with Crippen LogP contribution in [0.4, 0.5) is 20.6 Å². The van der Waals surface area contributed by atoms with Gasteiger partial charge in [-0.25, -0.2) is 13.9 Å². The Hall–Kier alpha value is -4.85. The van der Waals surface area contributed by atoms with E-state index in [9.17, 15) is 9.18 Å². The molecule has 8 heteroatoms. The average molecular weight is 521 g/mol. The number of hydrogen-bond donors (Lipinski definition) is 1. The molecule has 2 aromatic heterocycles. The lowest BCUT2D eigenvalue weighted by Gasteiger charge is -2.31. The average Bonchev–Trinajstić information content (AvgIpc) is 3.51. The largest absolute Gasteiger partial charge is 0.378 e. The molecule has 1 N–H and O–H groups in total. The Morgan fingerprint density at radius 3 is 2.38 bits per heavy atom. The number of urea groups is 1. The van der Waals surface area contributed by atoms with E-state index in [-0.39, 0.29) is 12.2 Å². The lowest BCUT2D eigenvalue weighted by Crippen LogP contribution is -2.38. The summed E-state index contributed by atoms with van der Waals surface area (Å²) in [6.07, 6.45) is 2.01. The lowest BCUT2D eigenvalue weighted by atomic mass is 10.0. The van der Waals surface area contributed by atoms with Crippen molar-refractivity contribution in [2.24, 2.45) is 0 Å². The quantitative estimate of drug-likeness (QED) is 0.302. The molecule has 0 fully saturated rings. The van der Waals surface area contributed by atoms with Crippen molar-refractivity contribution in [1.82, 2.24) is 19.2 Å². The van der Waals surface area contributed by atoms with Crippen molar-refractivity contribution in [1.29, 1.82) is 0 Å². The van der Waals surface area contributed by atoms with Crippen LogP contribution in [0.5, 0.6) is 0 Å². The predicted molar refractivity (Wildman–Crippen MR) is 151 cm³/mol. The maximum absolute atomic E-state index is 14.6. The molecule has 0 radical (unpaired) electrons. The monoisotopic (exact) mass is 520 g/mol. The molecule has 3 aromatic carbocycles. The SMILES string of the molecule is Cc1nn(-c2ccccc2)c2c1CN(C(=O)Nc1ccccc1F)[C@H](c1ccc(N(C)C)cc1)c1cccn1-2. The molecule has 2 amide bonds. The maximum Gasteiger partial charge on any atom is 0.323 e. The molecule has 39 heavy (non-hydrogen) atoms. The van der Waals surface area contributed by atoms with Gasteiger partial charge in [-0.2, -0.15) is 5.10 Å². The third kappa shape index (κ3) is 4.33. The summed E-state index contributed by atoms with van der Waals surface area (Å²) in [5.41, 5.74) is 5.73. The molecule has 0 saturated heterocycles. The highest BCUT2D eigenvalue weighted by atomic mass is 19.1. The Labute approximate surface area is 226 Å². The number of carbonyl (C=O) groups is 1. The molecule has 0 unspecified atom stereocenters. The van der Waals surface area contributed by atoms with E-state index in [0.717, 1.165) is 39.7 Å². The number of amides is 2. The fourth-order valence-corrected chi connectivity index (χ4v) is 5.20. The smallest absolute Gasteiger partial charge is 0.323 e. The molecule has 7 nitrogen and oxygen atoms in total. The maximum atomic E-state index is 14.6. The van der Waals surface area contributed by atoms with Crippen LogP contribution < -0.4 is 10.2 Å². The van der Waals surface area contributed by atoms with E-state index in [4.69, 9.17) is 5.10 Å². The number of carbonyl (C=O) groups excluding carboxylic acids is 1. The highest BCUT2D eigenvalue weighted by molar-refractivity contribution is 5.90. The third-order valence-electron chi connectivity index (χ3n) is 7.19. The first-order valence-electron chi connectivity index (χ1n) is 12.8. The van der Waals surface area contributed by atoms with Crippen molar-refractivity contribution in [3.05, 3.63) is 126 Å². The van der Waals surface area contributed by atoms with Gasteiger partial charge in [0.25, 0.3) is 0 Å². The summed E-state index contributed by atoms with van der Waals surface area (Å²) in [5, 5.41) is 7.69. The topological polar surface area (TPSA) is 58.3 Å². The van der Waals surface area contributed by atoms with E-state index in [2.05, 4.69) is 9.88 Å². The number of halogens is 1. The van der Waals surface area contributed by atoms with Gasteiger partial charge in [0.2, 0.25) is 0 Å². The molecule has 0 bridgehead atoms. The first-order valence-corrected chi connectivity index (χ1v) is 12.8. The zero-order chi connectivity index (χ0) is 27.1. The van der Waals surface area contributed by atoms with Crippen LogP contribution in [-0.2, 0) is 6.54 Å². The van der Waals surface area contributed by atoms with Crippen LogP contribution in [0.1, 0.15) is 28.6 Å². The Morgan fingerprint density at radius 1 is 0.949 bits per heavy atom. The normalized spacial score (nSPS) is 14.4. The molecule has 1 aliphatic heterocycles. The predicted octanol–water partition coefficient (Wildman–Crippen LogP) is 6.31. The summed E-state index contributed by atoms with van der Waals surface area (Å²) in [5.74, 6) is 0.402. The second kappa shape index (κ2) is 9.79. The minimum atomic E-state index is -0.482. The number of rotatable bonds is 4. The fraction of sp³-hybridized carbons (Fsp3) is 0.161. The Kier molecular flexibility index (Phi) is 6.15. The van der Waals surface area contributed by atoms with Gasteiger partial charge in [0.1, 0.15) is 11.6 Å². The molecule has 1 aliphatic rings. The van der Waals surface area contributed by atoms with Gasteiger partial charge in [-0.1, -0.05) is 42.5 Å².